The maximum atomic E-state index is 6.15. The average molecular weight is 291 g/mol. The van der Waals surface area contributed by atoms with Crippen LogP contribution in [-0.4, -0.2) is 15.0 Å². The number of hydrogen-bond donors (Lipinski definition) is 1. The number of halogens is 1. The highest BCUT2D eigenvalue weighted by Crippen LogP contribution is 2.30. The molecule has 2 heterocycles. The predicted molar refractivity (Wildman–Crippen MR) is 78.8 cm³/mol. The van der Waals surface area contributed by atoms with Crippen LogP contribution in [0, 0.1) is 6.92 Å². The largest absolute Gasteiger partial charge is 0.382 e. The lowest BCUT2D eigenvalue weighted by atomic mass is 10.2. The summed E-state index contributed by atoms with van der Waals surface area (Å²) in [4.78, 5) is 1.00. The van der Waals surface area contributed by atoms with Crippen molar-refractivity contribution in [3.8, 4) is 16.3 Å². The van der Waals surface area contributed by atoms with Crippen molar-refractivity contribution in [2.24, 2.45) is 0 Å². The number of benzene rings is 1. The van der Waals surface area contributed by atoms with Crippen molar-refractivity contribution >= 4 is 28.8 Å². The minimum absolute atomic E-state index is 0.521. The van der Waals surface area contributed by atoms with E-state index >= 15 is 0 Å². The summed E-state index contributed by atoms with van der Waals surface area (Å²) in [5.41, 5.74) is 8.63. The summed E-state index contributed by atoms with van der Waals surface area (Å²) in [7, 11) is 0. The van der Waals surface area contributed by atoms with Gasteiger partial charge in [-0.15, -0.1) is 16.4 Å². The van der Waals surface area contributed by atoms with Crippen molar-refractivity contribution in [2.45, 2.75) is 6.92 Å². The van der Waals surface area contributed by atoms with E-state index in [1.807, 2.05) is 42.6 Å². The molecule has 0 unspecified atom stereocenters. The van der Waals surface area contributed by atoms with Gasteiger partial charge in [-0.25, -0.2) is 0 Å². The molecule has 0 radical (unpaired) electrons. The molecule has 0 saturated carbocycles. The van der Waals surface area contributed by atoms with Crippen molar-refractivity contribution in [3.05, 3.63) is 46.3 Å². The van der Waals surface area contributed by atoms with Crippen molar-refractivity contribution in [2.75, 3.05) is 5.73 Å². The highest BCUT2D eigenvalue weighted by Gasteiger charge is 2.15. The molecule has 0 aliphatic rings. The van der Waals surface area contributed by atoms with Crippen LogP contribution >= 0.6 is 22.9 Å². The first kappa shape index (κ1) is 12.2. The zero-order chi connectivity index (χ0) is 13.4. The van der Waals surface area contributed by atoms with Gasteiger partial charge in [-0.05, 0) is 36.1 Å². The Balaban J connectivity index is 2.15. The molecule has 0 aliphatic carbocycles. The molecule has 3 rings (SSSR count). The second-order valence-electron chi connectivity index (χ2n) is 4.10. The van der Waals surface area contributed by atoms with Gasteiger partial charge in [0, 0.05) is 5.02 Å². The van der Waals surface area contributed by atoms with Crippen LogP contribution in [0.1, 0.15) is 5.56 Å². The highest BCUT2D eigenvalue weighted by atomic mass is 35.5. The van der Waals surface area contributed by atoms with E-state index in [0.29, 0.717) is 16.5 Å². The summed E-state index contributed by atoms with van der Waals surface area (Å²) in [5, 5.41) is 11.0. The normalized spacial score (nSPS) is 10.8. The Morgan fingerprint density at radius 1 is 1.26 bits per heavy atom. The minimum atomic E-state index is 0.521. The molecule has 4 nitrogen and oxygen atoms in total. The molecule has 1 aromatic carbocycles. The van der Waals surface area contributed by atoms with Crippen molar-refractivity contribution < 1.29 is 0 Å². The molecule has 0 bridgehead atoms. The Morgan fingerprint density at radius 3 is 2.84 bits per heavy atom. The number of aromatic nitrogens is 3. The molecular weight excluding hydrogens is 280 g/mol. The minimum Gasteiger partial charge on any atom is -0.382 e. The maximum absolute atomic E-state index is 6.15. The average Bonchev–Trinajstić information content (AvgIpc) is 3.02. The molecule has 2 N–H and O–H groups in total. The molecule has 19 heavy (non-hydrogen) atoms. The summed E-state index contributed by atoms with van der Waals surface area (Å²) in [6.45, 7) is 1.93. The monoisotopic (exact) mass is 290 g/mol. The van der Waals surface area contributed by atoms with Crippen LogP contribution in [0.5, 0.6) is 0 Å². The number of thiophene rings is 1. The molecule has 6 heteroatoms. The fourth-order valence-corrected chi connectivity index (χ4v) is 2.77. The summed E-state index contributed by atoms with van der Waals surface area (Å²) < 4.78 is 1.62. The van der Waals surface area contributed by atoms with E-state index in [1.165, 1.54) is 0 Å². The van der Waals surface area contributed by atoms with Crippen LogP contribution in [0.15, 0.2) is 35.7 Å². The highest BCUT2D eigenvalue weighted by molar-refractivity contribution is 7.13. The van der Waals surface area contributed by atoms with Gasteiger partial charge < -0.3 is 5.73 Å². The fourth-order valence-electron chi connectivity index (χ4n) is 1.88. The number of nitrogens with zero attached hydrogens (tertiary/aromatic N) is 3. The van der Waals surface area contributed by atoms with Crippen LogP contribution in [0.3, 0.4) is 0 Å². The Morgan fingerprint density at radius 2 is 2.11 bits per heavy atom. The van der Waals surface area contributed by atoms with Crippen molar-refractivity contribution in [3.63, 3.8) is 0 Å². The van der Waals surface area contributed by atoms with E-state index in [2.05, 4.69) is 10.3 Å². The third kappa shape index (κ3) is 2.01. The van der Waals surface area contributed by atoms with Gasteiger partial charge >= 0.3 is 0 Å². The molecule has 0 spiro atoms. The second-order valence-corrected chi connectivity index (χ2v) is 5.45. The number of rotatable bonds is 2. The smallest absolute Gasteiger partial charge is 0.156 e. The predicted octanol–water partition coefficient (Wildman–Crippen LogP) is 3.54. The van der Waals surface area contributed by atoms with Gasteiger partial charge in [0.25, 0.3) is 0 Å². The van der Waals surface area contributed by atoms with E-state index in [-0.39, 0.29) is 0 Å². The molecule has 2 aromatic heterocycles. The van der Waals surface area contributed by atoms with Crippen LogP contribution in [0.25, 0.3) is 16.3 Å². The SMILES string of the molecule is Cc1c(Cl)cccc1-n1nnc(-c2cccs2)c1N. The van der Waals surface area contributed by atoms with Gasteiger partial charge in [-0.1, -0.05) is 28.9 Å². The first-order chi connectivity index (χ1) is 9.18. The Labute approximate surface area is 119 Å². The van der Waals surface area contributed by atoms with Crippen molar-refractivity contribution in [1.82, 2.24) is 15.0 Å². The fraction of sp³-hybridized carbons (Fsp3) is 0.0769. The second kappa shape index (κ2) is 4.68. The molecule has 0 amide bonds. The molecule has 0 saturated heterocycles. The van der Waals surface area contributed by atoms with E-state index < -0.39 is 0 Å². The zero-order valence-corrected chi connectivity index (χ0v) is 11.7. The van der Waals surface area contributed by atoms with Crippen LogP contribution in [0.4, 0.5) is 5.82 Å². The van der Waals surface area contributed by atoms with E-state index in [1.54, 1.807) is 16.0 Å². The quantitative estimate of drug-likeness (QED) is 0.785. The molecular formula is C13H11ClN4S. The third-order valence-corrected chi connectivity index (χ3v) is 4.21. The van der Waals surface area contributed by atoms with E-state index in [4.69, 9.17) is 17.3 Å². The zero-order valence-electron chi connectivity index (χ0n) is 10.2. The summed E-state index contributed by atoms with van der Waals surface area (Å²) in [5.74, 6) is 0.521. The van der Waals surface area contributed by atoms with Crippen LogP contribution < -0.4 is 5.73 Å². The Kier molecular flexibility index (Phi) is 3.00. The number of anilines is 1. The van der Waals surface area contributed by atoms with Gasteiger partial charge in [-0.2, -0.15) is 4.68 Å². The van der Waals surface area contributed by atoms with Gasteiger partial charge in [0.1, 0.15) is 5.69 Å². The van der Waals surface area contributed by atoms with Gasteiger partial charge in [0.05, 0.1) is 10.6 Å². The summed E-state index contributed by atoms with van der Waals surface area (Å²) >= 11 is 7.71. The summed E-state index contributed by atoms with van der Waals surface area (Å²) in [6.07, 6.45) is 0. The van der Waals surface area contributed by atoms with Crippen LogP contribution in [0.2, 0.25) is 5.02 Å². The number of nitrogen functional groups attached to an aromatic ring is 1. The number of nitrogens with two attached hydrogens (primary N) is 1. The lowest BCUT2D eigenvalue weighted by Gasteiger charge is -2.08. The molecule has 3 aromatic rings. The maximum Gasteiger partial charge on any atom is 0.156 e. The standard InChI is InChI=1S/C13H11ClN4S/c1-8-9(14)4-2-5-10(8)18-13(15)12(16-17-18)11-6-3-7-19-11/h2-7H,15H2,1H3. The molecule has 0 aliphatic heterocycles. The van der Waals surface area contributed by atoms with Crippen LogP contribution in [-0.2, 0) is 0 Å². The lowest BCUT2D eigenvalue weighted by Crippen LogP contribution is -2.04. The van der Waals surface area contributed by atoms with Gasteiger partial charge in [0.2, 0.25) is 0 Å². The van der Waals surface area contributed by atoms with E-state index in [9.17, 15) is 0 Å². The first-order valence-electron chi connectivity index (χ1n) is 5.69. The van der Waals surface area contributed by atoms with E-state index in [0.717, 1.165) is 16.1 Å². The first-order valence-corrected chi connectivity index (χ1v) is 6.95. The molecule has 0 fully saturated rings. The van der Waals surface area contributed by atoms with Gasteiger partial charge in [0.15, 0.2) is 5.82 Å². The Bertz CT molecular complexity index is 718. The number of hydrogen-bond acceptors (Lipinski definition) is 4. The molecule has 0 atom stereocenters. The topological polar surface area (TPSA) is 56.7 Å². The summed E-state index contributed by atoms with van der Waals surface area (Å²) in [6, 6.07) is 9.57. The Hall–Kier alpha value is -1.85. The molecule has 96 valence electrons. The lowest BCUT2D eigenvalue weighted by molar-refractivity contribution is 0.806. The third-order valence-electron chi connectivity index (χ3n) is 2.93. The van der Waals surface area contributed by atoms with Crippen molar-refractivity contribution in [1.29, 1.82) is 0 Å². The van der Waals surface area contributed by atoms with Gasteiger partial charge in [-0.3, -0.25) is 0 Å².